The van der Waals surface area contributed by atoms with Crippen LogP contribution in [0.2, 0.25) is 0 Å². The quantitative estimate of drug-likeness (QED) is 0.778. The van der Waals surface area contributed by atoms with Crippen molar-refractivity contribution in [1.82, 2.24) is 10.1 Å². The van der Waals surface area contributed by atoms with E-state index in [0.717, 1.165) is 17.3 Å². The molecule has 0 aliphatic heterocycles. The molecule has 2 N–H and O–H groups in total. The van der Waals surface area contributed by atoms with E-state index in [0.29, 0.717) is 16.9 Å². The van der Waals surface area contributed by atoms with Gasteiger partial charge in [-0.2, -0.15) is 0 Å². The van der Waals surface area contributed by atoms with Gasteiger partial charge in [0.25, 0.3) is 0 Å². The number of halogens is 1. The van der Waals surface area contributed by atoms with Gasteiger partial charge in [0, 0.05) is 6.20 Å². The Balaban J connectivity index is 2.22. The van der Waals surface area contributed by atoms with Gasteiger partial charge in [0.05, 0.1) is 17.3 Å². The van der Waals surface area contributed by atoms with E-state index in [4.69, 9.17) is 10.3 Å². The van der Waals surface area contributed by atoms with Crippen LogP contribution in [-0.2, 0) is 0 Å². The second-order valence-electron chi connectivity index (χ2n) is 4.93. The van der Waals surface area contributed by atoms with Crippen LogP contribution in [0.15, 0.2) is 41.2 Å². The number of hydrogen-bond acceptors (Lipinski definition) is 4. The molecule has 3 aromatic rings. The molecule has 2 aromatic heterocycles. The normalized spacial score (nSPS) is 10.8. The molecule has 4 nitrogen and oxygen atoms in total. The van der Waals surface area contributed by atoms with Crippen LogP contribution >= 0.6 is 0 Å². The molecular weight excluding hydrogens is 269 g/mol. The van der Waals surface area contributed by atoms with Crippen LogP contribution in [0.3, 0.4) is 0 Å². The van der Waals surface area contributed by atoms with Crippen molar-refractivity contribution in [3.05, 3.63) is 53.6 Å². The molecule has 0 radical (unpaired) electrons. The van der Waals surface area contributed by atoms with E-state index < -0.39 is 5.82 Å². The summed E-state index contributed by atoms with van der Waals surface area (Å²) >= 11 is 0. The molecule has 0 spiro atoms. The van der Waals surface area contributed by atoms with Crippen molar-refractivity contribution < 1.29 is 8.91 Å². The van der Waals surface area contributed by atoms with Crippen LogP contribution in [-0.4, -0.2) is 10.1 Å². The standard InChI is InChI=1S/C16H14FN3O/c1-9-3-4-11(7-10(9)2)14-15(21-20-16(14)18)12-5-6-19-8-13(12)17/h3-8H,1-2H3,(H2,18,20). The molecule has 0 saturated carbocycles. The largest absolute Gasteiger partial charge is 0.380 e. The zero-order valence-electron chi connectivity index (χ0n) is 11.7. The van der Waals surface area contributed by atoms with Gasteiger partial charge in [-0.15, -0.1) is 0 Å². The fourth-order valence-electron chi connectivity index (χ4n) is 2.22. The number of benzene rings is 1. The topological polar surface area (TPSA) is 64.9 Å². The van der Waals surface area contributed by atoms with Gasteiger partial charge in [-0.3, -0.25) is 4.98 Å². The first-order valence-corrected chi connectivity index (χ1v) is 6.50. The number of hydrogen-bond donors (Lipinski definition) is 1. The lowest BCUT2D eigenvalue weighted by Crippen LogP contribution is -1.92. The molecule has 106 valence electrons. The van der Waals surface area contributed by atoms with E-state index in [-0.39, 0.29) is 5.82 Å². The fraction of sp³-hybridized carbons (Fsp3) is 0.125. The van der Waals surface area contributed by atoms with Gasteiger partial charge in [0.2, 0.25) is 0 Å². The molecule has 1 aromatic carbocycles. The molecule has 0 aliphatic rings. The zero-order chi connectivity index (χ0) is 15.0. The van der Waals surface area contributed by atoms with Crippen LogP contribution in [0.4, 0.5) is 10.2 Å². The highest BCUT2D eigenvalue weighted by atomic mass is 19.1. The number of nitrogen functional groups attached to an aromatic ring is 1. The molecule has 5 heteroatoms. The van der Waals surface area contributed by atoms with Gasteiger partial charge in [-0.05, 0) is 36.6 Å². The predicted octanol–water partition coefficient (Wildman–Crippen LogP) is 3.74. The van der Waals surface area contributed by atoms with Crippen molar-refractivity contribution in [2.75, 3.05) is 5.73 Å². The maximum absolute atomic E-state index is 13.9. The highest BCUT2D eigenvalue weighted by molar-refractivity contribution is 5.86. The van der Waals surface area contributed by atoms with E-state index in [9.17, 15) is 4.39 Å². The smallest absolute Gasteiger partial charge is 0.179 e. The van der Waals surface area contributed by atoms with Gasteiger partial charge in [-0.25, -0.2) is 4.39 Å². The summed E-state index contributed by atoms with van der Waals surface area (Å²) in [5, 5.41) is 3.78. The van der Waals surface area contributed by atoms with E-state index in [1.807, 2.05) is 32.0 Å². The summed E-state index contributed by atoms with van der Waals surface area (Å²) < 4.78 is 19.2. The van der Waals surface area contributed by atoms with E-state index in [1.54, 1.807) is 6.07 Å². The zero-order valence-corrected chi connectivity index (χ0v) is 11.7. The lowest BCUT2D eigenvalue weighted by Gasteiger charge is -2.06. The van der Waals surface area contributed by atoms with Crippen LogP contribution in [0, 0.1) is 19.7 Å². The van der Waals surface area contributed by atoms with Gasteiger partial charge in [0.15, 0.2) is 17.4 Å². The minimum Gasteiger partial charge on any atom is -0.380 e. The van der Waals surface area contributed by atoms with Crippen LogP contribution in [0.1, 0.15) is 11.1 Å². The van der Waals surface area contributed by atoms with Crippen molar-refractivity contribution in [1.29, 1.82) is 0 Å². The molecule has 0 unspecified atom stereocenters. The van der Waals surface area contributed by atoms with E-state index in [2.05, 4.69) is 10.1 Å². The highest BCUT2D eigenvalue weighted by Gasteiger charge is 2.20. The minimum absolute atomic E-state index is 0.240. The van der Waals surface area contributed by atoms with Gasteiger partial charge in [0.1, 0.15) is 0 Å². The predicted molar refractivity (Wildman–Crippen MR) is 79.0 cm³/mol. The SMILES string of the molecule is Cc1ccc(-c2c(N)noc2-c2ccncc2F)cc1C. The Hall–Kier alpha value is -2.69. The van der Waals surface area contributed by atoms with Crippen molar-refractivity contribution in [2.45, 2.75) is 13.8 Å². The molecular formula is C16H14FN3O. The molecule has 0 aliphatic carbocycles. The second kappa shape index (κ2) is 5.01. The summed E-state index contributed by atoms with van der Waals surface area (Å²) in [5.41, 5.74) is 9.94. The van der Waals surface area contributed by atoms with Crippen molar-refractivity contribution in [2.24, 2.45) is 0 Å². The first-order valence-electron chi connectivity index (χ1n) is 6.50. The van der Waals surface area contributed by atoms with E-state index in [1.165, 1.54) is 11.8 Å². The third kappa shape index (κ3) is 2.27. The Labute approximate surface area is 121 Å². The molecule has 21 heavy (non-hydrogen) atoms. The molecule has 2 heterocycles. The first kappa shape index (κ1) is 13.3. The molecule has 0 amide bonds. The number of nitrogens with zero attached hydrogens (tertiary/aromatic N) is 2. The summed E-state index contributed by atoms with van der Waals surface area (Å²) in [6, 6.07) is 7.44. The maximum Gasteiger partial charge on any atom is 0.179 e. The Morgan fingerprint density at radius 1 is 1.14 bits per heavy atom. The third-order valence-corrected chi connectivity index (χ3v) is 3.53. The third-order valence-electron chi connectivity index (χ3n) is 3.53. The molecule has 0 atom stereocenters. The number of aromatic nitrogens is 2. The average molecular weight is 283 g/mol. The fourth-order valence-corrected chi connectivity index (χ4v) is 2.22. The first-order chi connectivity index (χ1) is 10.1. The Morgan fingerprint density at radius 3 is 2.67 bits per heavy atom. The summed E-state index contributed by atoms with van der Waals surface area (Å²) in [6.07, 6.45) is 2.64. The Kier molecular flexibility index (Phi) is 3.17. The van der Waals surface area contributed by atoms with Gasteiger partial charge < -0.3 is 10.3 Å². The van der Waals surface area contributed by atoms with Crippen molar-refractivity contribution in [3.63, 3.8) is 0 Å². The van der Waals surface area contributed by atoms with E-state index >= 15 is 0 Å². The summed E-state index contributed by atoms with van der Waals surface area (Å²) in [7, 11) is 0. The van der Waals surface area contributed by atoms with Gasteiger partial charge >= 0.3 is 0 Å². The lowest BCUT2D eigenvalue weighted by atomic mass is 9.98. The summed E-state index contributed by atoms with van der Waals surface area (Å²) in [4.78, 5) is 3.74. The Morgan fingerprint density at radius 2 is 1.95 bits per heavy atom. The van der Waals surface area contributed by atoms with Crippen molar-refractivity contribution in [3.8, 4) is 22.5 Å². The average Bonchev–Trinajstić information content (AvgIpc) is 2.84. The van der Waals surface area contributed by atoms with Crippen LogP contribution < -0.4 is 5.73 Å². The molecule has 0 fully saturated rings. The second-order valence-corrected chi connectivity index (χ2v) is 4.93. The Bertz CT molecular complexity index is 811. The van der Waals surface area contributed by atoms with Crippen LogP contribution in [0.25, 0.3) is 22.5 Å². The molecule has 0 bridgehead atoms. The summed E-state index contributed by atoms with van der Waals surface area (Å²) in [6.45, 7) is 4.04. The molecule has 0 saturated heterocycles. The van der Waals surface area contributed by atoms with Crippen LogP contribution in [0.5, 0.6) is 0 Å². The van der Waals surface area contributed by atoms with Gasteiger partial charge in [-0.1, -0.05) is 23.4 Å². The highest BCUT2D eigenvalue weighted by Crippen LogP contribution is 2.37. The number of aryl methyl sites for hydroxylation is 2. The van der Waals surface area contributed by atoms with Crippen molar-refractivity contribution >= 4 is 5.82 Å². The number of pyridine rings is 1. The maximum atomic E-state index is 13.9. The number of rotatable bonds is 2. The number of nitrogens with two attached hydrogens (primary N) is 1. The minimum atomic E-state index is -0.473. The monoisotopic (exact) mass is 283 g/mol. The molecule has 3 rings (SSSR count). The summed E-state index contributed by atoms with van der Waals surface area (Å²) in [5.74, 6) is 0.0823. The lowest BCUT2D eigenvalue weighted by molar-refractivity contribution is 0.433. The number of anilines is 1.